The van der Waals surface area contributed by atoms with E-state index in [-0.39, 0.29) is 0 Å². The first-order valence-electron chi connectivity index (χ1n) is 5.69. The summed E-state index contributed by atoms with van der Waals surface area (Å²) >= 11 is 0. The molecule has 3 nitrogen and oxygen atoms in total. The summed E-state index contributed by atoms with van der Waals surface area (Å²) in [5, 5.41) is 6.84. The highest BCUT2D eigenvalue weighted by Gasteiger charge is 2.41. The van der Waals surface area contributed by atoms with E-state index in [9.17, 15) is 0 Å². The maximum absolute atomic E-state index is 3.56. The van der Waals surface area contributed by atoms with Gasteiger partial charge in [-0.25, -0.2) is 0 Å². The monoisotopic (exact) mass is 199 g/mol. The maximum atomic E-state index is 3.56. The smallest absolute Gasteiger partial charge is 0.00200 e. The Bertz CT molecular complexity index is 153. The second-order valence-electron chi connectivity index (χ2n) is 4.86. The minimum atomic E-state index is 0.604. The predicted molar refractivity (Wildman–Crippen MR) is 61.6 cm³/mol. The molecule has 0 saturated heterocycles. The molecule has 84 valence electrons. The molecule has 1 aliphatic rings. The van der Waals surface area contributed by atoms with Crippen LogP contribution in [0.4, 0.5) is 0 Å². The third-order valence-corrected chi connectivity index (χ3v) is 2.97. The second-order valence-corrected chi connectivity index (χ2v) is 4.86. The van der Waals surface area contributed by atoms with Gasteiger partial charge in [0.2, 0.25) is 0 Å². The Kier molecular flexibility index (Phi) is 4.85. The minimum Gasteiger partial charge on any atom is -0.319 e. The van der Waals surface area contributed by atoms with Crippen LogP contribution in [0.25, 0.3) is 0 Å². The van der Waals surface area contributed by atoms with E-state index in [1.54, 1.807) is 0 Å². The van der Waals surface area contributed by atoms with Gasteiger partial charge in [-0.1, -0.05) is 0 Å². The molecular weight excluding hydrogens is 174 g/mol. The highest BCUT2D eigenvalue weighted by Crippen LogP contribution is 2.44. The van der Waals surface area contributed by atoms with Crippen molar-refractivity contribution >= 4 is 0 Å². The molecule has 1 saturated carbocycles. The van der Waals surface area contributed by atoms with Gasteiger partial charge in [0.1, 0.15) is 0 Å². The van der Waals surface area contributed by atoms with E-state index >= 15 is 0 Å². The fourth-order valence-electron chi connectivity index (χ4n) is 1.84. The molecule has 14 heavy (non-hydrogen) atoms. The molecule has 2 N–H and O–H groups in total. The van der Waals surface area contributed by atoms with Crippen molar-refractivity contribution in [3.05, 3.63) is 0 Å². The Morgan fingerprint density at radius 3 is 2.43 bits per heavy atom. The quantitative estimate of drug-likeness (QED) is 0.558. The predicted octanol–water partition coefficient (Wildman–Crippen LogP) is 0.527. The van der Waals surface area contributed by atoms with E-state index in [0.29, 0.717) is 5.41 Å². The van der Waals surface area contributed by atoms with E-state index in [4.69, 9.17) is 0 Å². The maximum Gasteiger partial charge on any atom is 0.00200 e. The molecule has 0 atom stereocenters. The highest BCUT2D eigenvalue weighted by molar-refractivity contribution is 4.96. The van der Waals surface area contributed by atoms with Gasteiger partial charge in [0, 0.05) is 13.1 Å². The molecule has 1 fully saturated rings. The first-order chi connectivity index (χ1) is 6.68. The molecule has 1 aliphatic carbocycles. The lowest BCUT2D eigenvalue weighted by Crippen LogP contribution is -2.32. The molecule has 1 rings (SSSR count). The van der Waals surface area contributed by atoms with Crippen LogP contribution in [0.15, 0.2) is 0 Å². The number of nitrogens with one attached hydrogen (secondary N) is 2. The fraction of sp³-hybridized carbons (Fsp3) is 1.00. The summed E-state index contributed by atoms with van der Waals surface area (Å²) < 4.78 is 0. The lowest BCUT2D eigenvalue weighted by Gasteiger charge is -2.16. The van der Waals surface area contributed by atoms with Crippen LogP contribution < -0.4 is 10.6 Å². The Hall–Kier alpha value is -0.120. The molecule has 0 spiro atoms. The zero-order valence-corrected chi connectivity index (χ0v) is 9.90. The lowest BCUT2D eigenvalue weighted by atomic mass is 10.1. The van der Waals surface area contributed by atoms with Crippen LogP contribution in [-0.2, 0) is 0 Å². The molecule has 0 radical (unpaired) electrons. The molecule has 0 aliphatic heterocycles. The highest BCUT2D eigenvalue weighted by atomic mass is 15.1. The molecular formula is C11H25N3. The molecule has 0 aromatic carbocycles. The largest absolute Gasteiger partial charge is 0.319 e. The fourth-order valence-corrected chi connectivity index (χ4v) is 1.84. The summed E-state index contributed by atoms with van der Waals surface area (Å²) in [5.41, 5.74) is 0.604. The molecule has 0 bridgehead atoms. The Morgan fingerprint density at radius 1 is 1.21 bits per heavy atom. The molecule has 3 heteroatoms. The third-order valence-electron chi connectivity index (χ3n) is 2.97. The first kappa shape index (κ1) is 12.0. The van der Waals surface area contributed by atoms with Crippen molar-refractivity contribution in [2.24, 2.45) is 5.41 Å². The summed E-state index contributed by atoms with van der Waals surface area (Å²) in [7, 11) is 6.30. The van der Waals surface area contributed by atoms with E-state index in [1.807, 2.05) is 7.05 Å². The van der Waals surface area contributed by atoms with E-state index in [0.717, 1.165) is 6.54 Å². The molecule has 0 heterocycles. The van der Waals surface area contributed by atoms with Crippen LogP contribution >= 0.6 is 0 Å². The van der Waals surface area contributed by atoms with Crippen molar-refractivity contribution in [2.45, 2.75) is 19.3 Å². The van der Waals surface area contributed by atoms with Gasteiger partial charge in [-0.3, -0.25) is 0 Å². The number of hydrogen-bond acceptors (Lipinski definition) is 3. The average molecular weight is 199 g/mol. The van der Waals surface area contributed by atoms with Gasteiger partial charge in [0.25, 0.3) is 0 Å². The SMILES string of the molecule is CNCC1(CNCCCN(C)C)CC1. The van der Waals surface area contributed by atoms with Crippen molar-refractivity contribution in [1.29, 1.82) is 0 Å². The number of hydrogen-bond donors (Lipinski definition) is 2. The summed E-state index contributed by atoms with van der Waals surface area (Å²) in [4.78, 5) is 2.24. The van der Waals surface area contributed by atoms with E-state index in [1.165, 1.54) is 38.9 Å². The van der Waals surface area contributed by atoms with Crippen molar-refractivity contribution in [3.8, 4) is 0 Å². The van der Waals surface area contributed by atoms with Crippen LogP contribution in [0.3, 0.4) is 0 Å². The van der Waals surface area contributed by atoms with E-state index < -0.39 is 0 Å². The standard InChI is InChI=1S/C11H25N3/c1-12-9-11(5-6-11)10-13-7-4-8-14(2)3/h12-13H,4-10H2,1-3H3. The number of rotatable bonds is 8. The van der Waals surface area contributed by atoms with Gasteiger partial charge in [0.15, 0.2) is 0 Å². The second kappa shape index (κ2) is 5.69. The molecule has 0 unspecified atom stereocenters. The van der Waals surface area contributed by atoms with Crippen LogP contribution in [0.5, 0.6) is 0 Å². The first-order valence-corrected chi connectivity index (χ1v) is 5.69. The minimum absolute atomic E-state index is 0.604. The summed E-state index contributed by atoms with van der Waals surface area (Å²) in [6.07, 6.45) is 4.05. The van der Waals surface area contributed by atoms with Crippen LogP contribution in [0.1, 0.15) is 19.3 Å². The van der Waals surface area contributed by atoms with E-state index in [2.05, 4.69) is 29.6 Å². The van der Waals surface area contributed by atoms with Gasteiger partial charge in [-0.05, 0) is 58.9 Å². The zero-order valence-electron chi connectivity index (χ0n) is 9.90. The Labute approximate surface area is 88.2 Å². The van der Waals surface area contributed by atoms with Crippen LogP contribution in [-0.4, -0.2) is 52.2 Å². The zero-order chi connectivity index (χ0) is 10.4. The van der Waals surface area contributed by atoms with Gasteiger partial charge in [-0.2, -0.15) is 0 Å². The van der Waals surface area contributed by atoms with Crippen LogP contribution in [0, 0.1) is 5.41 Å². The molecule has 0 amide bonds. The number of nitrogens with zero attached hydrogens (tertiary/aromatic N) is 1. The van der Waals surface area contributed by atoms with Crippen molar-refractivity contribution in [3.63, 3.8) is 0 Å². The van der Waals surface area contributed by atoms with Crippen molar-refractivity contribution < 1.29 is 0 Å². The normalized spacial score (nSPS) is 18.9. The molecule has 0 aromatic heterocycles. The van der Waals surface area contributed by atoms with Gasteiger partial charge in [-0.15, -0.1) is 0 Å². The van der Waals surface area contributed by atoms with Crippen molar-refractivity contribution in [2.75, 3.05) is 47.3 Å². The van der Waals surface area contributed by atoms with Gasteiger partial charge < -0.3 is 15.5 Å². The Balaban J connectivity index is 1.93. The topological polar surface area (TPSA) is 27.3 Å². The van der Waals surface area contributed by atoms with Gasteiger partial charge in [0.05, 0.1) is 0 Å². The molecule has 0 aromatic rings. The average Bonchev–Trinajstić information content (AvgIpc) is 2.85. The summed E-state index contributed by atoms with van der Waals surface area (Å²) in [5.74, 6) is 0. The summed E-state index contributed by atoms with van der Waals surface area (Å²) in [6, 6.07) is 0. The Morgan fingerprint density at radius 2 is 1.93 bits per heavy atom. The van der Waals surface area contributed by atoms with Crippen LogP contribution in [0.2, 0.25) is 0 Å². The van der Waals surface area contributed by atoms with Crippen molar-refractivity contribution in [1.82, 2.24) is 15.5 Å². The third kappa shape index (κ3) is 4.40. The lowest BCUT2D eigenvalue weighted by molar-refractivity contribution is 0.381. The van der Waals surface area contributed by atoms with Gasteiger partial charge >= 0.3 is 0 Å². The summed E-state index contributed by atoms with van der Waals surface area (Å²) in [6.45, 7) is 4.71.